The van der Waals surface area contributed by atoms with Crippen molar-refractivity contribution in [2.45, 2.75) is 20.3 Å². The second-order valence-corrected chi connectivity index (χ2v) is 4.22. The zero-order valence-electron chi connectivity index (χ0n) is 10.4. The Balaban J connectivity index is 4.03. The molecule has 17 heavy (non-hydrogen) atoms. The Hall–Kier alpha value is -1.79. The second kappa shape index (κ2) is 7.48. The maximum Gasteiger partial charge on any atom is 0.239 e. The molecule has 4 N–H and O–H groups in total. The molecular weight excluding hydrogens is 224 g/mol. The molecule has 0 bridgehead atoms. The molecule has 0 saturated carbocycles. The van der Waals surface area contributed by atoms with E-state index < -0.39 is 0 Å². The molecular formula is C10H20N4O3. The van der Waals surface area contributed by atoms with Crippen LogP contribution < -0.4 is 11.1 Å². The number of oxime groups is 1. The third kappa shape index (κ3) is 7.15. The minimum Gasteiger partial charge on any atom is -0.409 e. The average Bonchev–Trinajstić information content (AvgIpc) is 2.25. The third-order valence-corrected chi connectivity index (χ3v) is 1.97. The number of nitrogens with one attached hydrogen (secondary N) is 1. The first-order valence-electron chi connectivity index (χ1n) is 5.33. The number of nitrogens with two attached hydrogens (primary N) is 1. The fourth-order valence-electron chi connectivity index (χ4n) is 1.00. The molecule has 7 heteroatoms. The molecule has 0 radical (unpaired) electrons. The van der Waals surface area contributed by atoms with Crippen LogP contribution in [0.1, 0.15) is 20.3 Å². The molecule has 0 unspecified atom stereocenters. The van der Waals surface area contributed by atoms with E-state index in [1.165, 1.54) is 11.9 Å². The summed E-state index contributed by atoms with van der Waals surface area (Å²) in [4.78, 5) is 24.1. The van der Waals surface area contributed by atoms with Crippen molar-refractivity contribution in [2.24, 2.45) is 16.8 Å². The first-order chi connectivity index (χ1) is 7.86. The normalized spacial score (nSPS) is 11.4. The standard InChI is InChI=1S/C10H20N4O3/c1-7(2)5-12-9(15)6-14(3)10(16)4-8(11)13-17/h7,17H,4-6H2,1-3H3,(H2,11,13)(H,12,15). The van der Waals surface area contributed by atoms with E-state index in [-0.39, 0.29) is 30.6 Å². The van der Waals surface area contributed by atoms with Crippen LogP contribution in [-0.4, -0.2) is 47.9 Å². The first-order valence-corrected chi connectivity index (χ1v) is 5.33. The predicted molar refractivity (Wildman–Crippen MR) is 63.5 cm³/mol. The Morgan fingerprint density at radius 2 is 2.06 bits per heavy atom. The van der Waals surface area contributed by atoms with Crippen molar-refractivity contribution in [3.8, 4) is 0 Å². The molecule has 0 aliphatic rings. The van der Waals surface area contributed by atoms with Crippen molar-refractivity contribution >= 4 is 17.6 Å². The number of nitrogens with zero attached hydrogens (tertiary/aromatic N) is 2. The number of likely N-dealkylation sites (N-methyl/N-ethyl adjacent to an activating group) is 1. The van der Waals surface area contributed by atoms with Crippen molar-refractivity contribution in [3.63, 3.8) is 0 Å². The molecule has 0 spiro atoms. The van der Waals surface area contributed by atoms with Crippen LogP contribution in [0, 0.1) is 5.92 Å². The molecule has 2 amide bonds. The summed E-state index contributed by atoms with van der Waals surface area (Å²) in [5.74, 6) is -0.421. The van der Waals surface area contributed by atoms with Gasteiger partial charge in [0.1, 0.15) is 5.84 Å². The summed E-state index contributed by atoms with van der Waals surface area (Å²) in [6.07, 6.45) is -0.204. The number of rotatable bonds is 6. The fraction of sp³-hybridized carbons (Fsp3) is 0.700. The minimum atomic E-state index is -0.375. The van der Waals surface area contributed by atoms with E-state index in [0.29, 0.717) is 12.5 Å². The molecule has 98 valence electrons. The lowest BCUT2D eigenvalue weighted by Gasteiger charge is -2.16. The maximum absolute atomic E-state index is 11.5. The Morgan fingerprint density at radius 1 is 1.47 bits per heavy atom. The van der Waals surface area contributed by atoms with Gasteiger partial charge in [-0.05, 0) is 5.92 Å². The van der Waals surface area contributed by atoms with Gasteiger partial charge in [-0.3, -0.25) is 9.59 Å². The molecule has 0 heterocycles. The van der Waals surface area contributed by atoms with E-state index in [2.05, 4.69) is 10.5 Å². The Bertz CT molecular complexity index is 302. The summed E-state index contributed by atoms with van der Waals surface area (Å²) in [7, 11) is 1.49. The molecule has 0 aromatic carbocycles. The quantitative estimate of drug-likeness (QED) is 0.250. The van der Waals surface area contributed by atoms with Crippen LogP contribution in [0.3, 0.4) is 0 Å². The fourth-order valence-corrected chi connectivity index (χ4v) is 1.00. The van der Waals surface area contributed by atoms with Gasteiger partial charge in [-0.25, -0.2) is 0 Å². The molecule has 0 aromatic rings. The minimum absolute atomic E-state index is 0.0374. The number of hydrogen-bond acceptors (Lipinski definition) is 4. The summed E-state index contributed by atoms with van der Waals surface area (Å²) in [6, 6.07) is 0. The number of hydrogen-bond donors (Lipinski definition) is 3. The van der Waals surface area contributed by atoms with Gasteiger partial charge >= 0.3 is 0 Å². The van der Waals surface area contributed by atoms with Gasteiger partial charge in [0.25, 0.3) is 0 Å². The molecule has 0 rings (SSSR count). The Kier molecular flexibility index (Phi) is 6.69. The second-order valence-electron chi connectivity index (χ2n) is 4.22. The van der Waals surface area contributed by atoms with E-state index >= 15 is 0 Å². The highest BCUT2D eigenvalue weighted by atomic mass is 16.4. The zero-order valence-corrected chi connectivity index (χ0v) is 10.4. The van der Waals surface area contributed by atoms with E-state index in [1.54, 1.807) is 0 Å². The van der Waals surface area contributed by atoms with Crippen LogP contribution >= 0.6 is 0 Å². The number of amides is 2. The molecule has 0 saturated heterocycles. The summed E-state index contributed by atoms with van der Waals surface area (Å²) in [6.45, 7) is 4.49. The van der Waals surface area contributed by atoms with Crippen LogP contribution in [0.25, 0.3) is 0 Å². The van der Waals surface area contributed by atoms with Crippen molar-refractivity contribution in [3.05, 3.63) is 0 Å². The monoisotopic (exact) mass is 244 g/mol. The van der Waals surface area contributed by atoms with E-state index in [1.807, 2.05) is 13.8 Å². The molecule has 7 nitrogen and oxygen atoms in total. The lowest BCUT2D eigenvalue weighted by molar-refractivity contribution is -0.133. The van der Waals surface area contributed by atoms with Crippen molar-refractivity contribution in [2.75, 3.05) is 20.1 Å². The highest BCUT2D eigenvalue weighted by molar-refractivity contribution is 5.99. The maximum atomic E-state index is 11.5. The Labute approximate surface area is 101 Å². The summed E-state index contributed by atoms with van der Waals surface area (Å²) in [5.41, 5.74) is 5.19. The lowest BCUT2D eigenvalue weighted by Crippen LogP contribution is -2.40. The van der Waals surface area contributed by atoms with Gasteiger partial charge in [0.2, 0.25) is 11.8 Å². The van der Waals surface area contributed by atoms with Gasteiger partial charge in [-0.15, -0.1) is 0 Å². The number of carbonyl (C=O) groups excluding carboxylic acids is 2. The SMILES string of the molecule is CC(C)CNC(=O)CN(C)C(=O)CC(N)=NO. The van der Waals surface area contributed by atoms with Crippen LogP contribution in [-0.2, 0) is 9.59 Å². The van der Waals surface area contributed by atoms with Gasteiger partial charge < -0.3 is 21.2 Å². The van der Waals surface area contributed by atoms with Crippen LogP contribution in [0.15, 0.2) is 5.16 Å². The molecule has 0 aliphatic heterocycles. The summed E-state index contributed by atoms with van der Waals surface area (Å²) >= 11 is 0. The van der Waals surface area contributed by atoms with Crippen molar-refractivity contribution in [1.82, 2.24) is 10.2 Å². The number of carbonyl (C=O) groups is 2. The first kappa shape index (κ1) is 15.2. The summed E-state index contributed by atoms with van der Waals surface area (Å²) in [5, 5.41) is 13.7. The average molecular weight is 244 g/mol. The van der Waals surface area contributed by atoms with Crippen molar-refractivity contribution in [1.29, 1.82) is 0 Å². The van der Waals surface area contributed by atoms with Gasteiger partial charge in [0.05, 0.1) is 13.0 Å². The largest absolute Gasteiger partial charge is 0.409 e. The van der Waals surface area contributed by atoms with E-state index in [0.717, 1.165) is 0 Å². The predicted octanol–water partition coefficient (Wildman–Crippen LogP) is -0.646. The summed E-state index contributed by atoms with van der Waals surface area (Å²) < 4.78 is 0. The Morgan fingerprint density at radius 3 is 2.53 bits per heavy atom. The lowest BCUT2D eigenvalue weighted by atomic mass is 10.2. The number of amidine groups is 1. The molecule has 0 fully saturated rings. The van der Waals surface area contributed by atoms with E-state index in [9.17, 15) is 9.59 Å². The van der Waals surface area contributed by atoms with Crippen LogP contribution in [0.2, 0.25) is 0 Å². The van der Waals surface area contributed by atoms with Gasteiger partial charge in [0.15, 0.2) is 0 Å². The van der Waals surface area contributed by atoms with Gasteiger partial charge in [-0.2, -0.15) is 0 Å². The van der Waals surface area contributed by atoms with E-state index in [4.69, 9.17) is 10.9 Å². The molecule has 0 aliphatic carbocycles. The van der Waals surface area contributed by atoms with Gasteiger partial charge in [0, 0.05) is 13.6 Å². The smallest absolute Gasteiger partial charge is 0.239 e. The highest BCUT2D eigenvalue weighted by Gasteiger charge is 2.14. The molecule has 0 atom stereocenters. The van der Waals surface area contributed by atoms with Crippen LogP contribution in [0.5, 0.6) is 0 Å². The van der Waals surface area contributed by atoms with Crippen molar-refractivity contribution < 1.29 is 14.8 Å². The van der Waals surface area contributed by atoms with Crippen LogP contribution in [0.4, 0.5) is 0 Å². The highest BCUT2D eigenvalue weighted by Crippen LogP contribution is 1.92. The zero-order chi connectivity index (χ0) is 13.4. The third-order valence-electron chi connectivity index (χ3n) is 1.97. The molecule has 0 aromatic heterocycles. The van der Waals surface area contributed by atoms with Gasteiger partial charge in [-0.1, -0.05) is 19.0 Å². The topological polar surface area (TPSA) is 108 Å².